The van der Waals surface area contributed by atoms with E-state index in [9.17, 15) is 9.90 Å². The molecule has 82 valence electrons. The topological polar surface area (TPSA) is 58.6 Å². The zero-order valence-corrected chi connectivity index (χ0v) is 8.86. The normalized spacial score (nSPS) is 11.1. The van der Waals surface area contributed by atoms with Gasteiger partial charge in [-0.25, -0.2) is 5.48 Å². The van der Waals surface area contributed by atoms with Crippen molar-refractivity contribution < 1.29 is 14.7 Å². The van der Waals surface area contributed by atoms with Gasteiger partial charge in [0.05, 0.1) is 5.60 Å². The zero-order valence-electron chi connectivity index (χ0n) is 8.86. The highest BCUT2D eigenvalue weighted by Gasteiger charge is 2.13. The molecule has 0 unspecified atom stereocenters. The SMILES string of the molecule is CC(C)(O)CONC(=O)c1ccccc1. The van der Waals surface area contributed by atoms with Crippen LogP contribution in [-0.2, 0) is 4.84 Å². The van der Waals surface area contributed by atoms with Crippen LogP contribution in [0.4, 0.5) is 0 Å². The first-order valence-electron chi connectivity index (χ1n) is 4.68. The third kappa shape index (κ3) is 4.58. The van der Waals surface area contributed by atoms with Gasteiger partial charge in [0.1, 0.15) is 6.61 Å². The van der Waals surface area contributed by atoms with Crippen LogP contribution in [0.25, 0.3) is 0 Å². The molecule has 0 aromatic heterocycles. The van der Waals surface area contributed by atoms with Gasteiger partial charge in [-0.05, 0) is 26.0 Å². The van der Waals surface area contributed by atoms with Crippen molar-refractivity contribution >= 4 is 5.91 Å². The van der Waals surface area contributed by atoms with Crippen molar-refractivity contribution in [3.8, 4) is 0 Å². The van der Waals surface area contributed by atoms with Gasteiger partial charge in [0.15, 0.2) is 0 Å². The van der Waals surface area contributed by atoms with Crippen molar-refractivity contribution in [2.24, 2.45) is 0 Å². The summed E-state index contributed by atoms with van der Waals surface area (Å²) in [5.74, 6) is -0.320. The van der Waals surface area contributed by atoms with E-state index in [1.165, 1.54) is 0 Å². The van der Waals surface area contributed by atoms with Crippen molar-refractivity contribution in [2.75, 3.05) is 6.61 Å². The minimum atomic E-state index is -0.954. The molecule has 1 amide bonds. The second kappa shape index (κ2) is 4.91. The maximum absolute atomic E-state index is 11.4. The van der Waals surface area contributed by atoms with Crippen molar-refractivity contribution in [1.82, 2.24) is 5.48 Å². The molecule has 0 aliphatic rings. The number of carbonyl (C=O) groups is 1. The Hall–Kier alpha value is -1.39. The number of nitrogens with one attached hydrogen (secondary N) is 1. The summed E-state index contributed by atoms with van der Waals surface area (Å²) in [6, 6.07) is 8.73. The van der Waals surface area contributed by atoms with Crippen LogP contribution in [0.5, 0.6) is 0 Å². The van der Waals surface area contributed by atoms with Gasteiger partial charge in [0.2, 0.25) is 0 Å². The number of amides is 1. The molecule has 4 heteroatoms. The molecular formula is C11H15NO3. The molecule has 0 heterocycles. The summed E-state index contributed by atoms with van der Waals surface area (Å²) >= 11 is 0. The Kier molecular flexibility index (Phi) is 3.82. The van der Waals surface area contributed by atoms with Crippen LogP contribution in [-0.4, -0.2) is 23.2 Å². The second-order valence-electron chi connectivity index (χ2n) is 3.90. The summed E-state index contributed by atoms with van der Waals surface area (Å²) < 4.78 is 0. The molecule has 1 aromatic carbocycles. The van der Waals surface area contributed by atoms with Crippen LogP contribution < -0.4 is 5.48 Å². The summed E-state index contributed by atoms with van der Waals surface area (Å²) in [4.78, 5) is 16.3. The molecule has 4 nitrogen and oxygen atoms in total. The minimum absolute atomic E-state index is 0.0472. The van der Waals surface area contributed by atoms with E-state index in [4.69, 9.17) is 4.84 Å². The van der Waals surface area contributed by atoms with E-state index in [0.717, 1.165) is 0 Å². The fraction of sp³-hybridized carbons (Fsp3) is 0.364. The molecule has 0 aliphatic heterocycles. The predicted molar refractivity (Wildman–Crippen MR) is 56.2 cm³/mol. The van der Waals surface area contributed by atoms with Crippen LogP contribution in [0, 0.1) is 0 Å². The third-order valence-electron chi connectivity index (χ3n) is 1.63. The molecule has 2 N–H and O–H groups in total. The predicted octanol–water partition coefficient (Wildman–Crippen LogP) is 1.12. The molecule has 1 aromatic rings. The lowest BCUT2D eigenvalue weighted by Crippen LogP contribution is -2.33. The number of hydroxylamine groups is 1. The van der Waals surface area contributed by atoms with E-state index in [-0.39, 0.29) is 12.5 Å². The van der Waals surface area contributed by atoms with Crippen molar-refractivity contribution in [1.29, 1.82) is 0 Å². The molecule has 0 saturated carbocycles. The Balaban J connectivity index is 2.38. The van der Waals surface area contributed by atoms with E-state index < -0.39 is 5.60 Å². The van der Waals surface area contributed by atoms with Gasteiger partial charge in [-0.15, -0.1) is 0 Å². The summed E-state index contributed by atoms with van der Waals surface area (Å²) in [5, 5.41) is 9.32. The number of rotatable bonds is 4. The van der Waals surface area contributed by atoms with Gasteiger partial charge in [-0.2, -0.15) is 0 Å². The summed E-state index contributed by atoms with van der Waals surface area (Å²) in [5.41, 5.74) is 1.82. The average Bonchev–Trinajstić information content (AvgIpc) is 2.17. The minimum Gasteiger partial charge on any atom is -0.388 e. The third-order valence-corrected chi connectivity index (χ3v) is 1.63. The van der Waals surface area contributed by atoms with Gasteiger partial charge in [0.25, 0.3) is 5.91 Å². The maximum atomic E-state index is 11.4. The lowest BCUT2D eigenvalue weighted by molar-refractivity contribution is -0.0522. The lowest BCUT2D eigenvalue weighted by Gasteiger charge is -2.16. The number of benzene rings is 1. The van der Waals surface area contributed by atoms with E-state index in [1.54, 1.807) is 38.1 Å². The Bertz CT molecular complexity index is 316. The summed E-state index contributed by atoms with van der Waals surface area (Å²) in [6.45, 7) is 3.24. The molecule has 0 aliphatic carbocycles. The first-order valence-corrected chi connectivity index (χ1v) is 4.68. The average molecular weight is 209 g/mol. The first-order chi connectivity index (χ1) is 6.99. The van der Waals surface area contributed by atoms with Gasteiger partial charge in [0, 0.05) is 5.56 Å². The van der Waals surface area contributed by atoms with Crippen LogP contribution in [0.15, 0.2) is 30.3 Å². The highest BCUT2D eigenvalue weighted by molar-refractivity contribution is 5.93. The zero-order chi connectivity index (χ0) is 11.3. The fourth-order valence-corrected chi connectivity index (χ4v) is 0.927. The molecule has 0 bridgehead atoms. The Morgan fingerprint density at radius 2 is 2.00 bits per heavy atom. The van der Waals surface area contributed by atoms with Gasteiger partial charge in [-0.1, -0.05) is 18.2 Å². The Labute approximate surface area is 88.8 Å². The lowest BCUT2D eigenvalue weighted by atomic mass is 10.2. The van der Waals surface area contributed by atoms with Crippen molar-refractivity contribution in [3.05, 3.63) is 35.9 Å². The number of aliphatic hydroxyl groups is 1. The highest BCUT2D eigenvalue weighted by atomic mass is 16.7. The molecule has 0 spiro atoms. The van der Waals surface area contributed by atoms with E-state index in [0.29, 0.717) is 5.56 Å². The van der Waals surface area contributed by atoms with Crippen LogP contribution in [0.2, 0.25) is 0 Å². The standard InChI is InChI=1S/C11H15NO3/c1-11(2,14)8-15-12-10(13)9-6-4-3-5-7-9/h3-7,14H,8H2,1-2H3,(H,12,13). The fourth-order valence-electron chi connectivity index (χ4n) is 0.927. The molecule has 0 fully saturated rings. The van der Waals surface area contributed by atoms with E-state index in [1.807, 2.05) is 6.07 Å². The number of hydrogen-bond acceptors (Lipinski definition) is 3. The smallest absolute Gasteiger partial charge is 0.274 e. The van der Waals surface area contributed by atoms with E-state index in [2.05, 4.69) is 5.48 Å². The summed E-state index contributed by atoms with van der Waals surface area (Å²) in [6.07, 6.45) is 0. The number of carbonyl (C=O) groups excluding carboxylic acids is 1. The molecule has 1 rings (SSSR count). The molecule has 0 atom stereocenters. The molecule has 0 saturated heterocycles. The molecular weight excluding hydrogens is 194 g/mol. The largest absolute Gasteiger partial charge is 0.388 e. The van der Waals surface area contributed by atoms with Crippen LogP contribution >= 0.6 is 0 Å². The maximum Gasteiger partial charge on any atom is 0.274 e. The van der Waals surface area contributed by atoms with Crippen molar-refractivity contribution in [2.45, 2.75) is 19.4 Å². The van der Waals surface area contributed by atoms with Gasteiger partial charge < -0.3 is 5.11 Å². The van der Waals surface area contributed by atoms with E-state index >= 15 is 0 Å². The first kappa shape index (κ1) is 11.7. The Morgan fingerprint density at radius 1 is 1.40 bits per heavy atom. The quantitative estimate of drug-likeness (QED) is 0.730. The van der Waals surface area contributed by atoms with Gasteiger partial charge >= 0.3 is 0 Å². The Morgan fingerprint density at radius 3 is 2.53 bits per heavy atom. The van der Waals surface area contributed by atoms with Crippen molar-refractivity contribution in [3.63, 3.8) is 0 Å². The summed E-state index contributed by atoms with van der Waals surface area (Å²) in [7, 11) is 0. The molecule has 0 radical (unpaired) electrons. The molecule has 15 heavy (non-hydrogen) atoms. The highest BCUT2D eigenvalue weighted by Crippen LogP contribution is 2.01. The van der Waals surface area contributed by atoms with Crippen LogP contribution in [0.1, 0.15) is 24.2 Å². The van der Waals surface area contributed by atoms with Gasteiger partial charge in [-0.3, -0.25) is 9.63 Å². The van der Waals surface area contributed by atoms with Crippen LogP contribution in [0.3, 0.4) is 0 Å². The monoisotopic (exact) mass is 209 g/mol. The number of hydrogen-bond donors (Lipinski definition) is 2. The second-order valence-corrected chi connectivity index (χ2v) is 3.90.